The standard InChI is InChI=1S/C12H19N3O/c1-2-12(16-5-1)8-15-9-13-6-11(15)7-14-10-3-4-10/h6,9-10,12,14H,1-5,7-8H2. The predicted octanol–water partition coefficient (Wildman–Crippen LogP) is 1.31. The highest BCUT2D eigenvalue weighted by Crippen LogP contribution is 2.19. The molecule has 1 aromatic rings. The van der Waals surface area contributed by atoms with Gasteiger partial charge in [-0.05, 0) is 25.7 Å². The minimum absolute atomic E-state index is 0.397. The van der Waals surface area contributed by atoms with Crippen LogP contribution in [0.2, 0.25) is 0 Å². The van der Waals surface area contributed by atoms with Gasteiger partial charge in [0, 0.05) is 25.4 Å². The first-order valence-electron chi connectivity index (χ1n) is 6.26. The number of rotatable bonds is 5. The summed E-state index contributed by atoms with van der Waals surface area (Å²) in [6.45, 7) is 2.83. The molecule has 0 aromatic carbocycles. The summed E-state index contributed by atoms with van der Waals surface area (Å²) < 4.78 is 7.88. The zero-order chi connectivity index (χ0) is 10.8. The highest BCUT2D eigenvalue weighted by Gasteiger charge is 2.21. The van der Waals surface area contributed by atoms with E-state index in [9.17, 15) is 0 Å². The van der Waals surface area contributed by atoms with Crippen LogP contribution in [0.1, 0.15) is 31.4 Å². The van der Waals surface area contributed by atoms with Gasteiger partial charge < -0.3 is 14.6 Å². The van der Waals surface area contributed by atoms with Crippen LogP contribution >= 0.6 is 0 Å². The van der Waals surface area contributed by atoms with Gasteiger partial charge in [0.25, 0.3) is 0 Å². The van der Waals surface area contributed by atoms with Crippen LogP contribution in [-0.4, -0.2) is 28.3 Å². The van der Waals surface area contributed by atoms with Crippen LogP contribution in [0.15, 0.2) is 12.5 Å². The first kappa shape index (κ1) is 10.3. The Balaban J connectivity index is 1.57. The van der Waals surface area contributed by atoms with E-state index in [1.54, 1.807) is 0 Å². The van der Waals surface area contributed by atoms with Gasteiger partial charge in [0.15, 0.2) is 0 Å². The molecule has 1 unspecified atom stereocenters. The normalized spacial score (nSPS) is 25.1. The molecule has 0 amide bonds. The van der Waals surface area contributed by atoms with Crippen LogP contribution in [0, 0.1) is 0 Å². The molecular weight excluding hydrogens is 202 g/mol. The van der Waals surface area contributed by atoms with Crippen molar-refractivity contribution in [3.05, 3.63) is 18.2 Å². The Morgan fingerprint density at radius 3 is 3.12 bits per heavy atom. The summed E-state index contributed by atoms with van der Waals surface area (Å²) in [5.74, 6) is 0. The maximum atomic E-state index is 5.65. The average Bonchev–Trinajstić information content (AvgIpc) is 2.79. The van der Waals surface area contributed by atoms with Gasteiger partial charge in [0.2, 0.25) is 0 Å². The topological polar surface area (TPSA) is 39.1 Å². The third kappa shape index (κ3) is 2.44. The quantitative estimate of drug-likeness (QED) is 0.815. The van der Waals surface area contributed by atoms with Crippen LogP contribution in [0.5, 0.6) is 0 Å². The van der Waals surface area contributed by atoms with E-state index in [2.05, 4.69) is 14.9 Å². The molecule has 0 bridgehead atoms. The van der Waals surface area contributed by atoms with E-state index in [0.29, 0.717) is 6.10 Å². The van der Waals surface area contributed by atoms with Crippen molar-refractivity contribution in [2.24, 2.45) is 0 Å². The molecule has 2 aliphatic rings. The van der Waals surface area contributed by atoms with Crippen molar-refractivity contribution in [2.45, 2.75) is 50.9 Å². The average molecular weight is 221 g/mol. The van der Waals surface area contributed by atoms with E-state index < -0.39 is 0 Å². The van der Waals surface area contributed by atoms with Gasteiger partial charge in [-0.2, -0.15) is 0 Å². The van der Waals surface area contributed by atoms with Gasteiger partial charge >= 0.3 is 0 Å². The van der Waals surface area contributed by atoms with Crippen molar-refractivity contribution in [3.8, 4) is 0 Å². The summed E-state index contributed by atoms with van der Waals surface area (Å²) in [6, 6.07) is 0.756. The van der Waals surface area contributed by atoms with E-state index in [1.807, 2.05) is 12.5 Å². The van der Waals surface area contributed by atoms with Gasteiger partial charge in [-0.3, -0.25) is 0 Å². The molecule has 1 N–H and O–H groups in total. The van der Waals surface area contributed by atoms with Crippen molar-refractivity contribution in [2.75, 3.05) is 6.61 Å². The first-order valence-corrected chi connectivity index (χ1v) is 6.26. The molecule has 1 atom stereocenters. The lowest BCUT2D eigenvalue weighted by Crippen LogP contribution is -2.21. The summed E-state index contributed by atoms with van der Waals surface area (Å²) in [5, 5.41) is 3.52. The Morgan fingerprint density at radius 1 is 1.44 bits per heavy atom. The zero-order valence-electron chi connectivity index (χ0n) is 9.56. The lowest BCUT2D eigenvalue weighted by atomic mass is 10.2. The predicted molar refractivity (Wildman–Crippen MR) is 61.1 cm³/mol. The van der Waals surface area contributed by atoms with E-state index in [4.69, 9.17) is 4.74 Å². The van der Waals surface area contributed by atoms with Gasteiger partial charge in [0.1, 0.15) is 0 Å². The molecule has 1 aromatic heterocycles. The minimum Gasteiger partial charge on any atom is -0.376 e. The first-order chi connectivity index (χ1) is 7.92. The number of hydrogen-bond acceptors (Lipinski definition) is 3. The molecule has 3 rings (SSSR count). The summed E-state index contributed by atoms with van der Waals surface area (Å²) in [6.07, 6.45) is 9.34. The molecule has 1 saturated carbocycles. The zero-order valence-corrected chi connectivity index (χ0v) is 9.56. The Hall–Kier alpha value is -0.870. The molecule has 88 valence electrons. The van der Waals surface area contributed by atoms with Crippen LogP contribution in [0.25, 0.3) is 0 Å². The number of aromatic nitrogens is 2. The third-order valence-corrected chi connectivity index (χ3v) is 3.37. The second kappa shape index (κ2) is 4.55. The third-order valence-electron chi connectivity index (χ3n) is 3.37. The van der Waals surface area contributed by atoms with Gasteiger partial charge in [-0.15, -0.1) is 0 Å². The lowest BCUT2D eigenvalue weighted by molar-refractivity contribution is 0.0962. The van der Waals surface area contributed by atoms with Crippen LogP contribution < -0.4 is 5.32 Å². The Kier molecular flexibility index (Phi) is 2.93. The van der Waals surface area contributed by atoms with Crippen LogP contribution in [-0.2, 0) is 17.8 Å². The largest absolute Gasteiger partial charge is 0.376 e. The molecule has 0 radical (unpaired) electrons. The summed E-state index contributed by atoms with van der Waals surface area (Å²) in [7, 11) is 0. The molecule has 2 fully saturated rings. The number of nitrogens with one attached hydrogen (secondary N) is 1. The van der Waals surface area contributed by atoms with Crippen LogP contribution in [0.4, 0.5) is 0 Å². The van der Waals surface area contributed by atoms with Crippen molar-refractivity contribution in [1.29, 1.82) is 0 Å². The second-order valence-corrected chi connectivity index (χ2v) is 4.83. The highest BCUT2D eigenvalue weighted by atomic mass is 16.5. The molecule has 16 heavy (non-hydrogen) atoms. The molecule has 4 nitrogen and oxygen atoms in total. The summed E-state index contributed by atoms with van der Waals surface area (Å²) >= 11 is 0. The molecular formula is C12H19N3O. The van der Waals surface area contributed by atoms with E-state index in [1.165, 1.54) is 31.4 Å². The van der Waals surface area contributed by atoms with E-state index >= 15 is 0 Å². The van der Waals surface area contributed by atoms with Crippen molar-refractivity contribution >= 4 is 0 Å². The second-order valence-electron chi connectivity index (χ2n) is 4.83. The summed E-state index contributed by atoms with van der Waals surface area (Å²) in [5.41, 5.74) is 1.28. The van der Waals surface area contributed by atoms with E-state index in [-0.39, 0.29) is 0 Å². The fraction of sp³-hybridized carbons (Fsp3) is 0.750. The molecule has 1 aliphatic carbocycles. The molecule has 1 saturated heterocycles. The number of ether oxygens (including phenoxy) is 1. The number of imidazole rings is 1. The van der Waals surface area contributed by atoms with Gasteiger partial charge in [-0.25, -0.2) is 4.98 Å². The molecule has 4 heteroatoms. The molecule has 1 aliphatic heterocycles. The molecule has 2 heterocycles. The fourth-order valence-electron chi connectivity index (χ4n) is 2.20. The minimum atomic E-state index is 0.397. The maximum absolute atomic E-state index is 5.65. The van der Waals surface area contributed by atoms with E-state index in [0.717, 1.165) is 25.7 Å². The SMILES string of the molecule is c1ncn(CC2CCCO2)c1CNC1CC1. The fourth-order valence-corrected chi connectivity index (χ4v) is 2.20. The summed E-state index contributed by atoms with van der Waals surface area (Å²) in [4.78, 5) is 4.23. The maximum Gasteiger partial charge on any atom is 0.0949 e. The molecule has 0 spiro atoms. The van der Waals surface area contributed by atoms with Crippen molar-refractivity contribution in [3.63, 3.8) is 0 Å². The van der Waals surface area contributed by atoms with Crippen molar-refractivity contribution < 1.29 is 4.74 Å². The Labute approximate surface area is 96.0 Å². The van der Waals surface area contributed by atoms with Gasteiger partial charge in [0.05, 0.1) is 24.7 Å². The Bertz CT molecular complexity index is 340. The number of hydrogen-bond donors (Lipinski definition) is 1. The highest BCUT2D eigenvalue weighted by molar-refractivity contribution is 5.00. The van der Waals surface area contributed by atoms with Gasteiger partial charge in [-0.1, -0.05) is 0 Å². The number of nitrogens with zero attached hydrogens (tertiary/aromatic N) is 2. The van der Waals surface area contributed by atoms with Crippen molar-refractivity contribution in [1.82, 2.24) is 14.9 Å². The lowest BCUT2D eigenvalue weighted by Gasteiger charge is -2.13. The Morgan fingerprint density at radius 2 is 2.38 bits per heavy atom. The smallest absolute Gasteiger partial charge is 0.0949 e. The van der Waals surface area contributed by atoms with Crippen LogP contribution in [0.3, 0.4) is 0 Å². The monoisotopic (exact) mass is 221 g/mol.